The first-order chi connectivity index (χ1) is 11.1. The molecule has 0 aliphatic heterocycles. The van der Waals surface area contributed by atoms with E-state index in [1.165, 1.54) is 0 Å². The maximum absolute atomic E-state index is 11.9. The molecule has 0 aliphatic carbocycles. The van der Waals surface area contributed by atoms with Gasteiger partial charge in [-0.3, -0.25) is 9.59 Å². The molecular weight excluding hydrogens is 314 g/mol. The van der Waals surface area contributed by atoms with Gasteiger partial charge < -0.3 is 10.1 Å². The van der Waals surface area contributed by atoms with Gasteiger partial charge in [0.25, 0.3) is 5.91 Å². The lowest BCUT2D eigenvalue weighted by Gasteiger charge is -2.11. The van der Waals surface area contributed by atoms with Crippen molar-refractivity contribution in [2.45, 2.75) is 19.9 Å². The van der Waals surface area contributed by atoms with Gasteiger partial charge >= 0.3 is 0 Å². The smallest absolute Gasteiger partial charge is 0.258 e. The summed E-state index contributed by atoms with van der Waals surface area (Å²) >= 11 is 5.91. The Balaban J connectivity index is 1.92. The molecule has 0 saturated carbocycles. The molecule has 2 aromatic rings. The van der Waals surface area contributed by atoms with Gasteiger partial charge in [-0.15, -0.1) is 0 Å². The fraction of sp³-hybridized carbons (Fsp3) is 0.222. The Bertz CT molecular complexity index is 686. The number of ketones is 1. The number of nitrogens with one attached hydrogen (secondary N) is 1. The van der Waals surface area contributed by atoms with Gasteiger partial charge in [-0.05, 0) is 23.8 Å². The molecule has 0 heterocycles. The number of carbonyl (C=O) groups is 2. The fourth-order valence-corrected chi connectivity index (χ4v) is 2.20. The van der Waals surface area contributed by atoms with Crippen LogP contribution in [0.15, 0.2) is 48.5 Å². The highest BCUT2D eigenvalue weighted by atomic mass is 35.5. The second kappa shape index (κ2) is 8.34. The first-order valence-corrected chi connectivity index (χ1v) is 7.74. The highest BCUT2D eigenvalue weighted by Gasteiger charge is 2.13. The van der Waals surface area contributed by atoms with Crippen LogP contribution in [0, 0.1) is 0 Å². The summed E-state index contributed by atoms with van der Waals surface area (Å²) < 4.78 is 5.47. The van der Waals surface area contributed by atoms with E-state index in [4.69, 9.17) is 16.3 Å². The molecule has 0 bridgehead atoms. The van der Waals surface area contributed by atoms with E-state index in [-0.39, 0.29) is 18.3 Å². The summed E-state index contributed by atoms with van der Waals surface area (Å²) in [6, 6.07) is 14.4. The Labute approximate surface area is 140 Å². The molecule has 4 nitrogen and oxygen atoms in total. The van der Waals surface area contributed by atoms with E-state index in [1.54, 1.807) is 25.1 Å². The number of carbonyl (C=O) groups excluding carboxylic acids is 2. The third-order valence-corrected chi connectivity index (χ3v) is 3.49. The van der Waals surface area contributed by atoms with Crippen molar-refractivity contribution in [3.05, 3.63) is 64.7 Å². The summed E-state index contributed by atoms with van der Waals surface area (Å²) in [6.07, 6.45) is 0.344. The van der Waals surface area contributed by atoms with Gasteiger partial charge in [0.2, 0.25) is 0 Å². The van der Waals surface area contributed by atoms with Gasteiger partial charge in [0.05, 0.1) is 5.56 Å². The zero-order valence-corrected chi connectivity index (χ0v) is 13.6. The predicted octanol–water partition coefficient (Wildman–Crippen LogP) is 3.63. The van der Waals surface area contributed by atoms with Gasteiger partial charge in [0.15, 0.2) is 12.4 Å². The molecule has 0 aliphatic rings. The lowest BCUT2D eigenvalue weighted by Crippen LogP contribution is -2.28. The highest BCUT2D eigenvalue weighted by molar-refractivity contribution is 6.31. The minimum atomic E-state index is -0.251. The Hall–Kier alpha value is -2.33. The molecule has 0 unspecified atom stereocenters. The third-order valence-electron chi connectivity index (χ3n) is 3.25. The van der Waals surface area contributed by atoms with Gasteiger partial charge in [-0.2, -0.15) is 0 Å². The van der Waals surface area contributed by atoms with E-state index in [2.05, 4.69) is 5.32 Å². The predicted molar refractivity (Wildman–Crippen MR) is 89.9 cm³/mol. The van der Waals surface area contributed by atoms with E-state index >= 15 is 0 Å². The van der Waals surface area contributed by atoms with Crippen LogP contribution < -0.4 is 10.1 Å². The van der Waals surface area contributed by atoms with E-state index in [1.807, 2.05) is 30.3 Å². The van der Waals surface area contributed by atoms with Crippen molar-refractivity contribution in [2.75, 3.05) is 6.61 Å². The van der Waals surface area contributed by atoms with E-state index < -0.39 is 0 Å². The van der Waals surface area contributed by atoms with Gasteiger partial charge in [-0.1, -0.05) is 48.9 Å². The number of hydrogen-bond donors (Lipinski definition) is 1. The normalized spacial score (nSPS) is 10.2. The van der Waals surface area contributed by atoms with Gasteiger partial charge in [0, 0.05) is 18.0 Å². The van der Waals surface area contributed by atoms with E-state index in [0.717, 1.165) is 5.56 Å². The molecule has 0 radical (unpaired) electrons. The van der Waals surface area contributed by atoms with E-state index in [0.29, 0.717) is 29.3 Å². The molecule has 0 spiro atoms. The Kier molecular flexibility index (Phi) is 6.18. The standard InChI is InChI=1S/C18H18ClNO3/c1-2-16(21)15-10-14(19)8-9-17(15)23-12-18(22)20-11-13-6-4-3-5-7-13/h3-10H,2,11-12H2,1H3,(H,20,22). The van der Waals surface area contributed by atoms with E-state index in [9.17, 15) is 9.59 Å². The molecule has 0 fully saturated rings. The van der Waals surface area contributed by atoms with Crippen LogP contribution in [0.1, 0.15) is 29.3 Å². The van der Waals surface area contributed by atoms with Crippen LogP contribution in [0.25, 0.3) is 0 Å². The van der Waals surface area contributed by atoms with Crippen LogP contribution in [0.5, 0.6) is 5.75 Å². The quantitative estimate of drug-likeness (QED) is 0.788. The van der Waals surface area contributed by atoms with Crippen LogP contribution >= 0.6 is 11.6 Å². The van der Waals surface area contributed by atoms with Gasteiger partial charge in [0.1, 0.15) is 5.75 Å². The average Bonchev–Trinajstić information content (AvgIpc) is 2.59. The lowest BCUT2D eigenvalue weighted by molar-refractivity contribution is -0.123. The largest absolute Gasteiger partial charge is 0.483 e. The molecule has 2 aromatic carbocycles. The number of amides is 1. The molecule has 0 aromatic heterocycles. The van der Waals surface area contributed by atoms with Crippen LogP contribution in [-0.2, 0) is 11.3 Å². The number of hydrogen-bond acceptors (Lipinski definition) is 3. The number of halogens is 1. The monoisotopic (exact) mass is 331 g/mol. The molecule has 120 valence electrons. The summed E-state index contributed by atoms with van der Waals surface area (Å²) in [5, 5.41) is 3.23. The zero-order valence-electron chi connectivity index (χ0n) is 12.8. The fourth-order valence-electron chi connectivity index (χ4n) is 2.03. The Morgan fingerprint density at radius 3 is 2.57 bits per heavy atom. The van der Waals surface area contributed by atoms with Crippen molar-refractivity contribution < 1.29 is 14.3 Å². The second-order valence-electron chi connectivity index (χ2n) is 4.97. The maximum atomic E-state index is 11.9. The third kappa shape index (κ3) is 5.11. The average molecular weight is 332 g/mol. The summed E-state index contributed by atoms with van der Waals surface area (Å²) in [5.74, 6) is 0.0435. The van der Waals surface area contributed by atoms with Crippen molar-refractivity contribution in [1.29, 1.82) is 0 Å². The summed E-state index contributed by atoms with van der Waals surface area (Å²) in [4.78, 5) is 23.8. The molecule has 5 heteroatoms. The SMILES string of the molecule is CCC(=O)c1cc(Cl)ccc1OCC(=O)NCc1ccccc1. The minimum absolute atomic E-state index is 0.0767. The Morgan fingerprint density at radius 1 is 1.13 bits per heavy atom. The summed E-state index contributed by atoms with van der Waals surface area (Å²) in [5.41, 5.74) is 1.41. The zero-order chi connectivity index (χ0) is 16.7. The minimum Gasteiger partial charge on any atom is -0.483 e. The molecule has 0 saturated heterocycles. The van der Waals surface area contributed by atoms with Crippen LogP contribution in [-0.4, -0.2) is 18.3 Å². The van der Waals surface area contributed by atoms with Crippen molar-refractivity contribution in [1.82, 2.24) is 5.32 Å². The Morgan fingerprint density at radius 2 is 1.87 bits per heavy atom. The van der Waals surface area contributed by atoms with Gasteiger partial charge in [-0.25, -0.2) is 0 Å². The molecule has 1 amide bonds. The second-order valence-corrected chi connectivity index (χ2v) is 5.40. The van der Waals surface area contributed by atoms with Crippen molar-refractivity contribution in [3.8, 4) is 5.75 Å². The molecular formula is C18H18ClNO3. The van der Waals surface area contributed by atoms with Crippen LogP contribution in [0.4, 0.5) is 0 Å². The number of benzene rings is 2. The lowest BCUT2D eigenvalue weighted by atomic mass is 10.1. The molecule has 0 atom stereocenters. The number of Topliss-reactive ketones (excluding diaryl/α,β-unsaturated/α-hetero) is 1. The number of rotatable bonds is 7. The maximum Gasteiger partial charge on any atom is 0.258 e. The number of ether oxygens (including phenoxy) is 1. The summed E-state index contributed by atoms with van der Waals surface area (Å²) in [7, 11) is 0. The first-order valence-electron chi connectivity index (χ1n) is 7.36. The van der Waals surface area contributed by atoms with Crippen LogP contribution in [0.2, 0.25) is 5.02 Å². The molecule has 23 heavy (non-hydrogen) atoms. The topological polar surface area (TPSA) is 55.4 Å². The van der Waals surface area contributed by atoms with Crippen LogP contribution in [0.3, 0.4) is 0 Å². The summed E-state index contributed by atoms with van der Waals surface area (Å²) in [6.45, 7) is 2.04. The first kappa shape index (κ1) is 17.0. The van der Waals surface area contributed by atoms with Crippen molar-refractivity contribution in [2.24, 2.45) is 0 Å². The van der Waals surface area contributed by atoms with Crippen molar-refractivity contribution in [3.63, 3.8) is 0 Å². The highest BCUT2D eigenvalue weighted by Crippen LogP contribution is 2.24. The molecule has 1 N–H and O–H groups in total. The van der Waals surface area contributed by atoms with Crippen molar-refractivity contribution >= 4 is 23.3 Å². The molecule has 2 rings (SSSR count).